The monoisotopic (exact) mass is 519 g/mol. The first-order chi connectivity index (χ1) is 17.2. The van der Waals surface area contributed by atoms with E-state index < -0.39 is 15.4 Å². The predicted molar refractivity (Wildman–Crippen MR) is 141 cm³/mol. The van der Waals surface area contributed by atoms with E-state index in [0.29, 0.717) is 18.8 Å². The van der Waals surface area contributed by atoms with Crippen molar-refractivity contribution >= 4 is 16.1 Å². The van der Waals surface area contributed by atoms with E-state index in [1.807, 2.05) is 12.1 Å². The number of phenolic OH excluding ortho intramolecular Hbond substituents is 1. The van der Waals surface area contributed by atoms with Crippen LogP contribution in [-0.2, 0) is 21.3 Å². The van der Waals surface area contributed by atoms with Gasteiger partial charge in [0.2, 0.25) is 0 Å². The molecule has 36 heavy (non-hydrogen) atoms. The van der Waals surface area contributed by atoms with Crippen molar-refractivity contribution in [1.82, 2.24) is 0 Å². The molecule has 9 nitrogen and oxygen atoms in total. The van der Waals surface area contributed by atoms with Crippen LogP contribution in [0.3, 0.4) is 0 Å². The van der Waals surface area contributed by atoms with Crippen molar-refractivity contribution in [2.75, 3.05) is 13.3 Å². The zero-order chi connectivity index (χ0) is 26.4. The second-order valence-corrected chi connectivity index (χ2v) is 10.1. The van der Waals surface area contributed by atoms with Gasteiger partial charge in [0.25, 0.3) is 10.1 Å². The lowest BCUT2D eigenvalue weighted by molar-refractivity contribution is 0.0819. The quantitative estimate of drug-likeness (QED) is 0.0849. The molecule has 0 heterocycles. The maximum Gasteiger partial charge on any atom is 0.268 e. The average molecular weight is 520 g/mol. The van der Waals surface area contributed by atoms with Crippen LogP contribution < -0.4 is 16.2 Å². The Morgan fingerprint density at radius 3 is 2.39 bits per heavy atom. The van der Waals surface area contributed by atoms with Crippen LogP contribution in [0.15, 0.2) is 65.7 Å². The highest BCUT2D eigenvalue weighted by molar-refractivity contribution is 7.86. The van der Waals surface area contributed by atoms with Gasteiger partial charge in [0.15, 0.2) is 12.7 Å². The number of hydrogen-bond acceptors (Lipinski definition) is 6. The number of allylic oxidation sites excluding steroid dienone is 1. The molecule has 198 valence electrons. The van der Waals surface area contributed by atoms with Gasteiger partial charge in [-0.3, -0.25) is 4.55 Å². The van der Waals surface area contributed by atoms with Crippen LogP contribution in [0.2, 0.25) is 0 Å². The molecule has 0 saturated heterocycles. The minimum atomic E-state index is -4.24. The van der Waals surface area contributed by atoms with Crippen LogP contribution in [0.25, 0.3) is 0 Å². The highest BCUT2D eigenvalue weighted by Crippen LogP contribution is 2.24. The van der Waals surface area contributed by atoms with Gasteiger partial charge in [-0.2, -0.15) is 8.42 Å². The molecule has 0 amide bonds. The molecule has 2 aromatic rings. The first-order valence-corrected chi connectivity index (χ1v) is 13.5. The van der Waals surface area contributed by atoms with Crippen molar-refractivity contribution in [3.63, 3.8) is 0 Å². The number of nitrogens with zero attached hydrogens (tertiary/aromatic N) is 1. The van der Waals surface area contributed by atoms with Crippen molar-refractivity contribution in [2.24, 2.45) is 16.5 Å². The predicted octanol–water partition coefficient (Wildman–Crippen LogP) is 4.09. The molecule has 0 saturated carbocycles. The van der Waals surface area contributed by atoms with E-state index in [1.54, 1.807) is 48.6 Å². The Labute approximate surface area is 213 Å². The third kappa shape index (κ3) is 11.1. The fraction of sp³-hybridized carbons (Fsp3) is 0.423. The Morgan fingerprint density at radius 1 is 1.08 bits per heavy atom. The molecule has 0 unspecified atom stereocenters. The number of aromatic hydroxyl groups is 1. The van der Waals surface area contributed by atoms with Gasteiger partial charge in [0.1, 0.15) is 17.6 Å². The molecule has 2 rings (SSSR count). The summed E-state index contributed by atoms with van der Waals surface area (Å²) in [7, 11) is -4.24. The van der Waals surface area contributed by atoms with Crippen LogP contribution in [0.4, 0.5) is 0 Å². The number of unbranched alkanes of at least 4 members (excludes halogenated alkanes) is 2. The van der Waals surface area contributed by atoms with Crippen LogP contribution in [0.1, 0.15) is 56.3 Å². The molecule has 0 aromatic heterocycles. The minimum Gasteiger partial charge on any atom is -0.508 e. The maximum atomic E-state index is 12.0. The first kappa shape index (κ1) is 29.2. The van der Waals surface area contributed by atoms with Gasteiger partial charge < -0.3 is 26.0 Å². The van der Waals surface area contributed by atoms with E-state index in [1.165, 1.54) is 0 Å². The largest absolute Gasteiger partial charge is 0.508 e. The Hall–Kier alpha value is -3.08. The first-order valence-electron chi connectivity index (χ1n) is 12.0. The van der Waals surface area contributed by atoms with E-state index >= 15 is 0 Å². The van der Waals surface area contributed by atoms with E-state index in [9.17, 15) is 18.1 Å². The fourth-order valence-corrected chi connectivity index (χ4v) is 4.26. The smallest absolute Gasteiger partial charge is 0.268 e. The van der Waals surface area contributed by atoms with Crippen molar-refractivity contribution in [1.29, 1.82) is 0 Å². The van der Waals surface area contributed by atoms with Crippen LogP contribution in [0.5, 0.6) is 11.5 Å². The number of hydrogen-bond donors (Lipinski definition) is 4. The van der Waals surface area contributed by atoms with E-state index in [0.717, 1.165) is 30.4 Å². The second-order valence-electron chi connectivity index (χ2n) is 8.43. The number of benzene rings is 2. The third-order valence-electron chi connectivity index (χ3n) is 5.55. The van der Waals surface area contributed by atoms with Crippen molar-refractivity contribution in [2.45, 2.75) is 56.8 Å². The lowest BCUT2D eigenvalue weighted by atomic mass is 10.0. The number of ether oxygens (including phenoxy) is 2. The summed E-state index contributed by atoms with van der Waals surface area (Å²) < 4.78 is 45.2. The highest BCUT2D eigenvalue weighted by Gasteiger charge is 2.22. The summed E-state index contributed by atoms with van der Waals surface area (Å²) in [4.78, 5) is 3.75. The number of nitrogens with two attached hydrogens (primary N) is 2. The van der Waals surface area contributed by atoms with Gasteiger partial charge in [-0.25, -0.2) is 4.99 Å². The molecule has 0 spiro atoms. The number of phenols is 1. The van der Waals surface area contributed by atoms with Crippen LogP contribution in [-0.4, -0.2) is 42.6 Å². The minimum absolute atomic E-state index is 0.00625. The zero-order valence-corrected chi connectivity index (χ0v) is 21.4. The zero-order valence-electron chi connectivity index (χ0n) is 20.6. The average Bonchev–Trinajstić information content (AvgIpc) is 2.83. The molecular weight excluding hydrogens is 482 g/mol. The summed E-state index contributed by atoms with van der Waals surface area (Å²) in [6.07, 6.45) is 7.06. The van der Waals surface area contributed by atoms with E-state index in [2.05, 4.69) is 11.9 Å². The Bertz CT molecular complexity index is 1070. The second kappa shape index (κ2) is 15.1. The molecule has 2 aromatic carbocycles. The number of aliphatic imine (C=N–C) groups is 1. The molecule has 0 aliphatic carbocycles. The molecule has 0 aliphatic rings. The fourth-order valence-electron chi connectivity index (χ4n) is 3.49. The van der Waals surface area contributed by atoms with Gasteiger partial charge in [0, 0.05) is 6.61 Å². The summed E-state index contributed by atoms with van der Waals surface area (Å²) in [5, 5.41) is 8.62. The Kier molecular flexibility index (Phi) is 12.2. The molecule has 0 radical (unpaired) electrons. The standard InChI is InChI=1S/C26H37N3O6S/c1-2-3-4-18-34-25(21-11-13-22(30)14-12-21)7-5-6-24(36(31,32)33)17-10-20-8-15-23(16-9-20)35-19-29-26(27)28/h5,7-9,11-16,24-25,30H,2-4,6,10,17-19H2,1H3,(H4,27,28,29)(H,31,32,33)/t24-,25+/m0/s1. The van der Waals surface area contributed by atoms with Crippen molar-refractivity contribution < 1.29 is 27.6 Å². The third-order valence-corrected chi connectivity index (χ3v) is 6.83. The Balaban J connectivity index is 1.99. The summed E-state index contributed by atoms with van der Waals surface area (Å²) in [5.41, 5.74) is 12.3. The normalized spacial score (nSPS) is 13.4. The summed E-state index contributed by atoms with van der Waals surface area (Å²) in [5.74, 6) is 0.679. The van der Waals surface area contributed by atoms with Crippen LogP contribution in [0, 0.1) is 0 Å². The van der Waals surface area contributed by atoms with Gasteiger partial charge in [-0.05, 0) is 61.1 Å². The molecular formula is C26H37N3O6S. The number of aryl methyl sites for hydroxylation is 1. The summed E-state index contributed by atoms with van der Waals surface area (Å²) >= 11 is 0. The highest BCUT2D eigenvalue weighted by atomic mass is 32.2. The van der Waals surface area contributed by atoms with Crippen molar-refractivity contribution in [3.8, 4) is 11.5 Å². The number of guanidine groups is 1. The van der Waals surface area contributed by atoms with E-state index in [-0.39, 0.29) is 37.4 Å². The summed E-state index contributed by atoms with van der Waals surface area (Å²) in [6.45, 7) is 2.69. The van der Waals surface area contributed by atoms with Crippen molar-refractivity contribution in [3.05, 3.63) is 71.8 Å². The molecule has 2 atom stereocenters. The molecule has 0 fully saturated rings. The number of rotatable bonds is 16. The molecule has 10 heteroatoms. The van der Waals surface area contributed by atoms with Crippen LogP contribution >= 0.6 is 0 Å². The maximum absolute atomic E-state index is 12.0. The van der Waals surface area contributed by atoms with Gasteiger partial charge >= 0.3 is 0 Å². The molecule has 0 bridgehead atoms. The Morgan fingerprint density at radius 2 is 1.78 bits per heavy atom. The van der Waals surface area contributed by atoms with Gasteiger partial charge in [-0.1, -0.05) is 56.2 Å². The topological polar surface area (TPSA) is 157 Å². The van der Waals surface area contributed by atoms with Gasteiger partial charge in [-0.15, -0.1) is 0 Å². The lowest BCUT2D eigenvalue weighted by Crippen LogP contribution is -2.23. The molecule has 6 N–H and O–H groups in total. The molecule has 0 aliphatic heterocycles. The lowest BCUT2D eigenvalue weighted by Gasteiger charge is -2.16. The SMILES string of the molecule is CCCCCO[C@H](C=CC[C@@H](CCc1ccc(OCN=C(N)N)cc1)S(=O)(=O)O)c1ccc(O)cc1. The van der Waals surface area contributed by atoms with Gasteiger partial charge in [0.05, 0.1) is 5.25 Å². The van der Waals surface area contributed by atoms with E-state index in [4.69, 9.17) is 20.9 Å². The summed E-state index contributed by atoms with van der Waals surface area (Å²) in [6, 6.07) is 13.9.